The Morgan fingerprint density at radius 2 is 2.19 bits per heavy atom. The summed E-state index contributed by atoms with van der Waals surface area (Å²) in [4.78, 5) is 7.93. The molecule has 0 bridgehead atoms. The van der Waals surface area contributed by atoms with Crippen molar-refractivity contribution in [1.29, 1.82) is 0 Å². The predicted octanol–water partition coefficient (Wildman–Crippen LogP) is 3.89. The molecule has 114 valence electrons. The Morgan fingerprint density at radius 1 is 1.43 bits per heavy atom. The van der Waals surface area contributed by atoms with Crippen molar-refractivity contribution in [1.82, 2.24) is 4.98 Å². The zero-order valence-electron chi connectivity index (χ0n) is 12.8. The van der Waals surface area contributed by atoms with Crippen molar-refractivity contribution < 1.29 is 4.39 Å². The van der Waals surface area contributed by atoms with E-state index in [0.29, 0.717) is 19.0 Å². The molecule has 0 amide bonds. The summed E-state index contributed by atoms with van der Waals surface area (Å²) in [5.41, 5.74) is 7.87. The lowest BCUT2D eigenvalue weighted by Crippen LogP contribution is -2.16. The highest BCUT2D eigenvalue weighted by molar-refractivity contribution is 7.15. The number of hydrogen-bond donors (Lipinski definition) is 1. The Kier molecular flexibility index (Phi) is 5.31. The van der Waals surface area contributed by atoms with E-state index in [1.165, 1.54) is 6.07 Å². The first-order chi connectivity index (χ1) is 10.0. The van der Waals surface area contributed by atoms with Gasteiger partial charge in [0.2, 0.25) is 0 Å². The number of rotatable bonds is 6. The Bertz CT molecular complexity index is 597. The van der Waals surface area contributed by atoms with Gasteiger partial charge in [0, 0.05) is 25.0 Å². The Balaban J connectivity index is 2.19. The summed E-state index contributed by atoms with van der Waals surface area (Å²) in [5, 5.41) is 0.940. The summed E-state index contributed by atoms with van der Waals surface area (Å²) in [5.74, 6) is 0.207. The molecule has 5 heteroatoms. The van der Waals surface area contributed by atoms with E-state index < -0.39 is 0 Å². The summed E-state index contributed by atoms with van der Waals surface area (Å²) in [6.07, 6.45) is 1.05. The normalized spacial score (nSPS) is 12.4. The molecule has 0 spiro atoms. The van der Waals surface area contributed by atoms with Crippen LogP contribution in [-0.2, 0) is 13.1 Å². The van der Waals surface area contributed by atoms with E-state index in [9.17, 15) is 4.39 Å². The summed E-state index contributed by atoms with van der Waals surface area (Å²) in [7, 11) is 1.98. The highest BCUT2D eigenvalue weighted by Gasteiger charge is 2.17. The number of nitrogens with zero attached hydrogens (tertiary/aromatic N) is 2. The number of thiazole rings is 1. The molecular weight excluding hydrogens is 285 g/mol. The van der Waals surface area contributed by atoms with Gasteiger partial charge in [0.25, 0.3) is 0 Å². The van der Waals surface area contributed by atoms with Gasteiger partial charge in [0.1, 0.15) is 5.82 Å². The van der Waals surface area contributed by atoms with Crippen molar-refractivity contribution in [2.45, 2.75) is 39.3 Å². The third kappa shape index (κ3) is 3.80. The molecule has 2 N–H and O–H groups in total. The third-order valence-corrected chi connectivity index (χ3v) is 4.82. The summed E-state index contributed by atoms with van der Waals surface area (Å²) < 4.78 is 13.2. The van der Waals surface area contributed by atoms with E-state index in [1.807, 2.05) is 18.0 Å². The minimum Gasteiger partial charge on any atom is -0.347 e. The topological polar surface area (TPSA) is 42.2 Å². The second-order valence-corrected chi connectivity index (χ2v) is 6.37. The van der Waals surface area contributed by atoms with Gasteiger partial charge >= 0.3 is 0 Å². The van der Waals surface area contributed by atoms with E-state index in [1.54, 1.807) is 23.5 Å². The van der Waals surface area contributed by atoms with Gasteiger partial charge in [-0.15, -0.1) is 11.3 Å². The molecule has 1 aromatic carbocycles. The van der Waals surface area contributed by atoms with E-state index in [0.717, 1.165) is 27.7 Å². The molecule has 0 saturated heterocycles. The van der Waals surface area contributed by atoms with Crippen molar-refractivity contribution in [2.75, 3.05) is 11.9 Å². The molecule has 1 unspecified atom stereocenters. The lowest BCUT2D eigenvalue weighted by molar-refractivity contribution is 0.625. The number of nitrogens with two attached hydrogens (primary N) is 1. The summed E-state index contributed by atoms with van der Waals surface area (Å²) in [6, 6.07) is 6.67. The number of hydrogen-bond acceptors (Lipinski definition) is 4. The maximum absolute atomic E-state index is 13.2. The fraction of sp³-hybridized carbons (Fsp3) is 0.438. The second kappa shape index (κ2) is 7.00. The molecule has 0 aliphatic carbocycles. The molecule has 0 aliphatic rings. The van der Waals surface area contributed by atoms with E-state index >= 15 is 0 Å². The number of benzene rings is 1. The average molecular weight is 307 g/mol. The Morgan fingerprint density at radius 3 is 2.81 bits per heavy atom. The average Bonchev–Trinajstić information content (AvgIpc) is 2.90. The van der Waals surface area contributed by atoms with Crippen LogP contribution >= 0.6 is 11.3 Å². The monoisotopic (exact) mass is 307 g/mol. The third-order valence-electron chi connectivity index (χ3n) is 3.62. The van der Waals surface area contributed by atoms with Crippen LogP contribution in [0.4, 0.5) is 9.52 Å². The van der Waals surface area contributed by atoms with Gasteiger partial charge < -0.3 is 10.6 Å². The highest BCUT2D eigenvalue weighted by Crippen LogP contribution is 2.32. The zero-order chi connectivity index (χ0) is 15.4. The van der Waals surface area contributed by atoms with Crippen LogP contribution in [0.2, 0.25) is 0 Å². The smallest absolute Gasteiger partial charge is 0.185 e. The number of aromatic nitrogens is 1. The SMILES string of the molecule is CCC(C)c1nc(N(C)Cc2cccc(F)c2)sc1CN. The van der Waals surface area contributed by atoms with Crippen LogP contribution < -0.4 is 10.6 Å². The fourth-order valence-corrected chi connectivity index (χ4v) is 3.23. The van der Waals surface area contributed by atoms with Crippen molar-refractivity contribution in [3.05, 3.63) is 46.2 Å². The van der Waals surface area contributed by atoms with Crippen LogP contribution in [0.3, 0.4) is 0 Å². The lowest BCUT2D eigenvalue weighted by atomic mass is 10.0. The van der Waals surface area contributed by atoms with Crippen LogP contribution in [0.25, 0.3) is 0 Å². The second-order valence-electron chi connectivity index (χ2n) is 5.30. The highest BCUT2D eigenvalue weighted by atomic mass is 32.1. The molecule has 1 aromatic heterocycles. The molecule has 0 radical (unpaired) electrons. The maximum atomic E-state index is 13.2. The van der Waals surface area contributed by atoms with Crippen molar-refractivity contribution in [3.8, 4) is 0 Å². The fourth-order valence-electron chi connectivity index (χ4n) is 2.22. The van der Waals surface area contributed by atoms with Crippen molar-refractivity contribution >= 4 is 16.5 Å². The quantitative estimate of drug-likeness (QED) is 0.880. The molecule has 1 heterocycles. The summed E-state index contributed by atoms with van der Waals surface area (Å²) in [6.45, 7) is 5.48. The van der Waals surface area contributed by atoms with Gasteiger partial charge in [0.05, 0.1) is 5.69 Å². The van der Waals surface area contributed by atoms with Gasteiger partial charge in [0.15, 0.2) is 5.13 Å². The van der Waals surface area contributed by atoms with Gasteiger partial charge in [-0.25, -0.2) is 9.37 Å². The Labute approximate surface area is 129 Å². The zero-order valence-corrected chi connectivity index (χ0v) is 13.6. The first-order valence-electron chi connectivity index (χ1n) is 7.20. The summed E-state index contributed by atoms with van der Waals surface area (Å²) >= 11 is 1.63. The maximum Gasteiger partial charge on any atom is 0.185 e. The first-order valence-corrected chi connectivity index (χ1v) is 8.02. The van der Waals surface area contributed by atoms with Crippen LogP contribution in [0.15, 0.2) is 24.3 Å². The van der Waals surface area contributed by atoms with Gasteiger partial charge in [-0.1, -0.05) is 26.0 Å². The largest absolute Gasteiger partial charge is 0.347 e. The first kappa shape index (κ1) is 15.9. The minimum atomic E-state index is -0.206. The van der Waals surface area contributed by atoms with E-state index in [-0.39, 0.29) is 5.82 Å². The van der Waals surface area contributed by atoms with Crippen LogP contribution in [-0.4, -0.2) is 12.0 Å². The molecule has 21 heavy (non-hydrogen) atoms. The Hall–Kier alpha value is -1.46. The molecule has 0 fully saturated rings. The van der Waals surface area contributed by atoms with Gasteiger partial charge in [-0.2, -0.15) is 0 Å². The standard InChI is InChI=1S/C16H22FN3S/c1-4-11(2)15-14(9-18)21-16(19-15)20(3)10-12-6-5-7-13(17)8-12/h5-8,11H,4,9-10,18H2,1-3H3. The lowest BCUT2D eigenvalue weighted by Gasteiger charge is -2.15. The molecule has 0 saturated carbocycles. The molecule has 1 atom stereocenters. The molecule has 2 aromatic rings. The molecule has 0 aliphatic heterocycles. The molecular formula is C16H22FN3S. The van der Waals surface area contributed by atoms with Crippen LogP contribution in [0, 0.1) is 5.82 Å². The van der Waals surface area contributed by atoms with Crippen LogP contribution in [0.1, 0.15) is 42.3 Å². The van der Waals surface area contributed by atoms with Gasteiger partial charge in [-0.3, -0.25) is 0 Å². The van der Waals surface area contributed by atoms with Crippen LogP contribution in [0.5, 0.6) is 0 Å². The predicted molar refractivity (Wildman–Crippen MR) is 87.2 cm³/mol. The molecule has 2 rings (SSSR count). The van der Waals surface area contributed by atoms with Crippen molar-refractivity contribution in [3.63, 3.8) is 0 Å². The number of halogens is 1. The van der Waals surface area contributed by atoms with E-state index in [2.05, 4.69) is 13.8 Å². The molecule has 3 nitrogen and oxygen atoms in total. The minimum absolute atomic E-state index is 0.206. The van der Waals surface area contributed by atoms with Crippen molar-refractivity contribution in [2.24, 2.45) is 5.73 Å². The van der Waals surface area contributed by atoms with Gasteiger partial charge in [-0.05, 0) is 30.0 Å². The number of anilines is 1. The van der Waals surface area contributed by atoms with E-state index in [4.69, 9.17) is 10.7 Å².